The van der Waals surface area contributed by atoms with Crippen LogP contribution in [0, 0.1) is 5.82 Å². The Morgan fingerprint density at radius 3 is 2.86 bits per heavy atom. The Balaban J connectivity index is 1.69. The minimum absolute atomic E-state index is 0.0189. The van der Waals surface area contributed by atoms with Gasteiger partial charge < -0.3 is 4.90 Å². The van der Waals surface area contributed by atoms with E-state index in [-0.39, 0.29) is 11.6 Å². The first-order chi connectivity index (χ1) is 10.1. The fourth-order valence-electron chi connectivity index (χ4n) is 2.71. The number of hydrogen-bond acceptors (Lipinski definition) is 2. The molecule has 2 aromatic rings. The highest BCUT2D eigenvalue weighted by Crippen LogP contribution is 2.29. The summed E-state index contributed by atoms with van der Waals surface area (Å²) in [6, 6.07) is 11.9. The van der Waals surface area contributed by atoms with Crippen molar-refractivity contribution in [1.82, 2.24) is 0 Å². The molecule has 1 aliphatic heterocycles. The van der Waals surface area contributed by atoms with Crippen molar-refractivity contribution in [3.8, 4) is 0 Å². The van der Waals surface area contributed by atoms with Gasteiger partial charge in [0.15, 0.2) is 5.78 Å². The van der Waals surface area contributed by atoms with Crippen molar-refractivity contribution in [1.29, 1.82) is 0 Å². The van der Waals surface area contributed by atoms with Gasteiger partial charge in [-0.1, -0.05) is 29.8 Å². The first-order valence-corrected chi connectivity index (χ1v) is 7.34. The van der Waals surface area contributed by atoms with Crippen LogP contribution >= 0.6 is 11.6 Å². The van der Waals surface area contributed by atoms with E-state index < -0.39 is 0 Å². The molecule has 0 fully saturated rings. The molecule has 2 nitrogen and oxygen atoms in total. The zero-order valence-corrected chi connectivity index (χ0v) is 12.2. The molecule has 21 heavy (non-hydrogen) atoms. The first kappa shape index (κ1) is 14.1. The molecule has 0 saturated carbocycles. The summed E-state index contributed by atoms with van der Waals surface area (Å²) < 4.78 is 13.3. The second kappa shape index (κ2) is 5.86. The van der Waals surface area contributed by atoms with Gasteiger partial charge in [0.05, 0.1) is 5.02 Å². The molecule has 0 spiro atoms. The molecule has 0 bridgehead atoms. The highest BCUT2D eigenvalue weighted by atomic mass is 35.5. The SMILES string of the molecule is O=C(CCN1CCc2ccc(F)cc21)c1ccccc1Cl. The van der Waals surface area contributed by atoms with Gasteiger partial charge in [0.2, 0.25) is 0 Å². The summed E-state index contributed by atoms with van der Waals surface area (Å²) >= 11 is 6.03. The molecule has 0 aliphatic carbocycles. The van der Waals surface area contributed by atoms with E-state index in [1.807, 2.05) is 6.07 Å². The predicted molar refractivity (Wildman–Crippen MR) is 82.7 cm³/mol. The number of ketones is 1. The number of rotatable bonds is 4. The van der Waals surface area contributed by atoms with Gasteiger partial charge in [-0.2, -0.15) is 0 Å². The van der Waals surface area contributed by atoms with Crippen LogP contribution in [0.15, 0.2) is 42.5 Å². The molecule has 0 unspecified atom stereocenters. The van der Waals surface area contributed by atoms with E-state index in [2.05, 4.69) is 4.90 Å². The van der Waals surface area contributed by atoms with Crippen molar-refractivity contribution in [2.24, 2.45) is 0 Å². The van der Waals surface area contributed by atoms with Crippen LogP contribution in [0.25, 0.3) is 0 Å². The van der Waals surface area contributed by atoms with Gasteiger partial charge >= 0.3 is 0 Å². The third-order valence-corrected chi connectivity index (χ3v) is 4.15. The van der Waals surface area contributed by atoms with Crippen molar-refractivity contribution in [3.63, 3.8) is 0 Å². The smallest absolute Gasteiger partial charge is 0.166 e. The summed E-state index contributed by atoms with van der Waals surface area (Å²) in [5.41, 5.74) is 2.60. The average Bonchev–Trinajstić information content (AvgIpc) is 2.87. The highest BCUT2D eigenvalue weighted by molar-refractivity contribution is 6.33. The number of hydrogen-bond donors (Lipinski definition) is 0. The van der Waals surface area contributed by atoms with Crippen molar-refractivity contribution in [2.45, 2.75) is 12.8 Å². The summed E-state index contributed by atoms with van der Waals surface area (Å²) in [5, 5.41) is 0.482. The molecular weight excluding hydrogens is 289 g/mol. The maximum atomic E-state index is 13.3. The van der Waals surface area contributed by atoms with Crippen LogP contribution in [-0.4, -0.2) is 18.9 Å². The van der Waals surface area contributed by atoms with Crippen LogP contribution in [0.3, 0.4) is 0 Å². The Kier molecular flexibility index (Phi) is 3.93. The zero-order valence-electron chi connectivity index (χ0n) is 11.5. The lowest BCUT2D eigenvalue weighted by Crippen LogP contribution is -2.24. The Hall–Kier alpha value is -1.87. The van der Waals surface area contributed by atoms with Crippen LogP contribution in [0.4, 0.5) is 10.1 Å². The maximum absolute atomic E-state index is 13.3. The second-order valence-electron chi connectivity index (χ2n) is 5.16. The first-order valence-electron chi connectivity index (χ1n) is 6.96. The maximum Gasteiger partial charge on any atom is 0.166 e. The van der Waals surface area contributed by atoms with Gasteiger partial charge in [-0.25, -0.2) is 4.39 Å². The molecule has 1 aliphatic rings. The lowest BCUT2D eigenvalue weighted by atomic mass is 10.1. The van der Waals surface area contributed by atoms with Gasteiger partial charge in [-0.05, 0) is 36.2 Å². The molecule has 0 N–H and O–H groups in total. The number of carbonyl (C=O) groups is 1. The van der Waals surface area contributed by atoms with Crippen molar-refractivity contribution in [3.05, 3.63) is 64.4 Å². The highest BCUT2D eigenvalue weighted by Gasteiger charge is 2.20. The number of Topliss-reactive ketones (excluding diaryl/α,β-unsaturated/α-hetero) is 1. The zero-order chi connectivity index (χ0) is 14.8. The molecule has 3 rings (SSSR count). The fourth-order valence-corrected chi connectivity index (χ4v) is 2.95. The van der Waals surface area contributed by atoms with Crippen molar-refractivity contribution in [2.75, 3.05) is 18.0 Å². The van der Waals surface area contributed by atoms with E-state index in [4.69, 9.17) is 11.6 Å². The molecule has 0 aromatic heterocycles. The third-order valence-electron chi connectivity index (χ3n) is 3.82. The minimum Gasteiger partial charge on any atom is -0.370 e. The average molecular weight is 304 g/mol. The Bertz CT molecular complexity index is 686. The molecule has 1 heterocycles. The Morgan fingerprint density at radius 2 is 2.05 bits per heavy atom. The summed E-state index contributed by atoms with van der Waals surface area (Å²) in [7, 11) is 0. The summed E-state index contributed by atoms with van der Waals surface area (Å²) in [4.78, 5) is 14.3. The minimum atomic E-state index is -0.238. The molecule has 0 radical (unpaired) electrons. The van der Waals surface area contributed by atoms with Gasteiger partial charge in [-0.3, -0.25) is 4.79 Å². The van der Waals surface area contributed by atoms with Gasteiger partial charge in [-0.15, -0.1) is 0 Å². The van der Waals surface area contributed by atoms with E-state index in [9.17, 15) is 9.18 Å². The molecule has 108 valence electrons. The van der Waals surface area contributed by atoms with Crippen molar-refractivity contribution >= 4 is 23.1 Å². The van der Waals surface area contributed by atoms with E-state index in [0.29, 0.717) is 23.6 Å². The number of benzene rings is 2. The van der Waals surface area contributed by atoms with Crippen LogP contribution in [0.2, 0.25) is 5.02 Å². The monoisotopic (exact) mass is 303 g/mol. The molecule has 0 saturated heterocycles. The van der Waals surface area contributed by atoms with Gasteiger partial charge in [0.25, 0.3) is 0 Å². The van der Waals surface area contributed by atoms with E-state index in [1.54, 1.807) is 30.3 Å². The van der Waals surface area contributed by atoms with Crippen LogP contribution < -0.4 is 4.90 Å². The van der Waals surface area contributed by atoms with E-state index in [0.717, 1.165) is 24.2 Å². The van der Waals surface area contributed by atoms with Gasteiger partial charge in [0, 0.05) is 30.8 Å². The molecule has 0 atom stereocenters. The largest absolute Gasteiger partial charge is 0.370 e. The lowest BCUT2D eigenvalue weighted by Gasteiger charge is -2.19. The van der Waals surface area contributed by atoms with Crippen LogP contribution in [-0.2, 0) is 6.42 Å². The fraction of sp³-hybridized carbons (Fsp3) is 0.235. The summed E-state index contributed by atoms with van der Waals surface area (Å²) in [5.74, 6) is -0.219. The second-order valence-corrected chi connectivity index (χ2v) is 5.57. The summed E-state index contributed by atoms with van der Waals surface area (Å²) in [6.45, 7) is 1.41. The number of fused-ring (bicyclic) bond motifs is 1. The standard InChI is InChI=1S/C17H15ClFNO/c18-15-4-2-1-3-14(15)17(21)8-10-20-9-7-12-5-6-13(19)11-16(12)20/h1-6,11H,7-10H2. The number of anilines is 1. The van der Waals surface area contributed by atoms with Crippen molar-refractivity contribution < 1.29 is 9.18 Å². The Morgan fingerprint density at radius 1 is 1.24 bits per heavy atom. The number of halogens is 2. The molecule has 0 amide bonds. The molecule has 2 aromatic carbocycles. The molecular formula is C17H15ClFNO. The molecule has 4 heteroatoms. The van der Waals surface area contributed by atoms with E-state index >= 15 is 0 Å². The number of carbonyl (C=O) groups excluding carboxylic acids is 1. The van der Waals surface area contributed by atoms with E-state index in [1.165, 1.54) is 6.07 Å². The summed E-state index contributed by atoms with van der Waals surface area (Å²) in [6.07, 6.45) is 1.27. The van der Waals surface area contributed by atoms with Crippen LogP contribution in [0.5, 0.6) is 0 Å². The lowest BCUT2D eigenvalue weighted by molar-refractivity contribution is 0.0985. The third kappa shape index (κ3) is 2.93. The normalized spacial score (nSPS) is 13.3. The van der Waals surface area contributed by atoms with Gasteiger partial charge in [0.1, 0.15) is 5.82 Å². The number of nitrogens with zero attached hydrogens (tertiary/aromatic N) is 1. The topological polar surface area (TPSA) is 20.3 Å². The quantitative estimate of drug-likeness (QED) is 0.792. The predicted octanol–water partition coefficient (Wildman–Crippen LogP) is 4.11. The Labute approximate surface area is 128 Å². The van der Waals surface area contributed by atoms with Crippen LogP contribution in [0.1, 0.15) is 22.3 Å².